The number of rotatable bonds is 5. The van der Waals surface area contributed by atoms with Gasteiger partial charge in [-0.2, -0.15) is 0 Å². The van der Waals surface area contributed by atoms with Gasteiger partial charge in [0.2, 0.25) is 11.8 Å². The summed E-state index contributed by atoms with van der Waals surface area (Å²) < 4.78 is 16.4. The van der Waals surface area contributed by atoms with Gasteiger partial charge < -0.3 is 24.5 Å². The Morgan fingerprint density at radius 3 is 2.54 bits per heavy atom. The maximum atomic E-state index is 11.7. The van der Waals surface area contributed by atoms with Gasteiger partial charge in [0.1, 0.15) is 5.52 Å². The number of hydrogen-bond donors (Lipinski definition) is 2. The van der Waals surface area contributed by atoms with E-state index in [1.54, 1.807) is 58.4 Å². The molecule has 0 spiro atoms. The molecule has 0 aliphatic heterocycles. The lowest BCUT2D eigenvalue weighted by molar-refractivity contribution is -0.122. The van der Waals surface area contributed by atoms with Crippen molar-refractivity contribution in [1.82, 2.24) is 10.3 Å². The number of anilines is 1. The number of aromatic nitrogens is 1. The van der Waals surface area contributed by atoms with E-state index in [9.17, 15) is 4.79 Å². The number of benzene rings is 2. The first-order valence-corrected chi connectivity index (χ1v) is 9.07. The van der Waals surface area contributed by atoms with Gasteiger partial charge in [-0.15, -0.1) is 0 Å². The second kappa shape index (κ2) is 8.26. The molecule has 0 aliphatic carbocycles. The van der Waals surface area contributed by atoms with Crippen molar-refractivity contribution in [3.63, 3.8) is 0 Å². The van der Waals surface area contributed by atoms with Crippen LogP contribution in [0.4, 0.5) is 5.69 Å². The Hall–Kier alpha value is -3.13. The van der Waals surface area contributed by atoms with Crippen LogP contribution in [0.2, 0.25) is 0 Å². The lowest BCUT2D eigenvalue weighted by atomic mass is 10.2. The van der Waals surface area contributed by atoms with E-state index in [-0.39, 0.29) is 16.9 Å². The number of amides is 1. The minimum Gasteiger partial charge on any atom is -0.493 e. The second-order valence-electron chi connectivity index (χ2n) is 6.37. The van der Waals surface area contributed by atoms with Gasteiger partial charge in [-0.05, 0) is 48.6 Å². The van der Waals surface area contributed by atoms with Crippen LogP contribution in [0.3, 0.4) is 0 Å². The number of carbonyl (C=O) groups is 1. The van der Waals surface area contributed by atoms with E-state index in [1.807, 2.05) is 6.07 Å². The van der Waals surface area contributed by atoms with Crippen molar-refractivity contribution < 1.29 is 18.7 Å². The zero-order valence-electron chi connectivity index (χ0n) is 16.0. The average Bonchev–Trinajstić information content (AvgIpc) is 3.10. The molecule has 1 heterocycles. The van der Waals surface area contributed by atoms with Crippen LogP contribution >= 0.6 is 12.2 Å². The van der Waals surface area contributed by atoms with E-state index in [2.05, 4.69) is 15.6 Å². The van der Waals surface area contributed by atoms with Crippen LogP contribution in [0.1, 0.15) is 13.8 Å². The number of carbonyl (C=O) groups excluding carboxylic acids is 1. The van der Waals surface area contributed by atoms with E-state index in [4.69, 9.17) is 26.1 Å². The zero-order valence-corrected chi connectivity index (χ0v) is 16.8. The SMILES string of the molecule is COc1ccc(-c2nc3cc(NC(=S)NC(=O)C(C)C)ccc3o2)cc1OC. The number of thiocarbonyl (C=S) groups is 1. The Labute approximate surface area is 168 Å². The van der Waals surface area contributed by atoms with Crippen LogP contribution in [-0.2, 0) is 4.79 Å². The van der Waals surface area contributed by atoms with Crippen LogP contribution < -0.4 is 20.1 Å². The summed E-state index contributed by atoms with van der Waals surface area (Å²) in [7, 11) is 3.16. The maximum absolute atomic E-state index is 11.7. The fourth-order valence-corrected chi connectivity index (χ4v) is 2.73. The number of ether oxygens (including phenoxy) is 2. The van der Waals surface area contributed by atoms with Gasteiger partial charge in [-0.1, -0.05) is 13.8 Å². The summed E-state index contributed by atoms with van der Waals surface area (Å²) in [4.78, 5) is 16.3. The Kier molecular flexibility index (Phi) is 5.79. The standard InChI is InChI=1S/C20H21N3O4S/c1-11(2)18(24)23-20(28)21-13-6-8-15-14(10-13)22-19(27-15)12-5-7-16(25-3)17(9-12)26-4/h5-11H,1-4H3,(H2,21,23,24,28). The van der Waals surface area contributed by atoms with Gasteiger partial charge in [0.25, 0.3) is 0 Å². The van der Waals surface area contributed by atoms with Crippen LogP contribution in [0.25, 0.3) is 22.6 Å². The van der Waals surface area contributed by atoms with Crippen molar-refractivity contribution in [2.45, 2.75) is 13.8 Å². The summed E-state index contributed by atoms with van der Waals surface area (Å²) in [5, 5.41) is 5.86. The van der Waals surface area contributed by atoms with Gasteiger partial charge >= 0.3 is 0 Å². The van der Waals surface area contributed by atoms with Crippen LogP contribution in [0.15, 0.2) is 40.8 Å². The Bertz CT molecular complexity index is 1030. The summed E-state index contributed by atoms with van der Waals surface area (Å²) in [6.45, 7) is 3.60. The van der Waals surface area contributed by atoms with E-state index >= 15 is 0 Å². The molecule has 0 atom stereocenters. The number of oxazole rings is 1. The number of nitrogens with one attached hydrogen (secondary N) is 2. The predicted octanol–water partition coefficient (Wildman–Crippen LogP) is 3.98. The van der Waals surface area contributed by atoms with Gasteiger partial charge in [0.05, 0.1) is 14.2 Å². The highest BCUT2D eigenvalue weighted by Gasteiger charge is 2.13. The van der Waals surface area contributed by atoms with Gasteiger partial charge in [0, 0.05) is 17.2 Å². The van der Waals surface area contributed by atoms with Crippen LogP contribution in [0, 0.1) is 5.92 Å². The molecule has 3 aromatic rings. The number of nitrogens with zero attached hydrogens (tertiary/aromatic N) is 1. The van der Waals surface area contributed by atoms with E-state index < -0.39 is 0 Å². The first kappa shape index (κ1) is 19.6. The highest BCUT2D eigenvalue weighted by atomic mass is 32.1. The predicted molar refractivity (Wildman–Crippen MR) is 112 cm³/mol. The summed E-state index contributed by atoms with van der Waals surface area (Å²) in [6, 6.07) is 10.9. The number of hydrogen-bond acceptors (Lipinski definition) is 6. The Balaban J connectivity index is 1.83. The average molecular weight is 399 g/mol. The first-order valence-electron chi connectivity index (χ1n) is 8.66. The quantitative estimate of drug-likeness (QED) is 0.628. The molecule has 0 radical (unpaired) electrons. The molecular weight excluding hydrogens is 378 g/mol. The van der Waals surface area contributed by atoms with Crippen molar-refractivity contribution in [2.75, 3.05) is 19.5 Å². The van der Waals surface area contributed by atoms with Gasteiger partial charge in [-0.3, -0.25) is 4.79 Å². The summed E-state index contributed by atoms with van der Waals surface area (Å²) in [6.07, 6.45) is 0. The van der Waals surface area contributed by atoms with Crippen molar-refractivity contribution in [3.8, 4) is 23.0 Å². The molecule has 1 aromatic heterocycles. The van der Waals surface area contributed by atoms with E-state index in [0.29, 0.717) is 34.2 Å². The molecule has 0 aliphatic rings. The van der Waals surface area contributed by atoms with Crippen molar-refractivity contribution in [2.24, 2.45) is 5.92 Å². The fourth-order valence-electron chi connectivity index (χ4n) is 2.52. The van der Waals surface area contributed by atoms with E-state index in [1.165, 1.54) is 0 Å². The number of fused-ring (bicyclic) bond motifs is 1. The fraction of sp³-hybridized carbons (Fsp3) is 0.250. The van der Waals surface area contributed by atoms with Crippen molar-refractivity contribution in [3.05, 3.63) is 36.4 Å². The van der Waals surface area contributed by atoms with Crippen LogP contribution in [-0.4, -0.2) is 30.2 Å². The molecule has 146 valence electrons. The monoisotopic (exact) mass is 399 g/mol. The van der Waals surface area contributed by atoms with Crippen molar-refractivity contribution >= 4 is 40.0 Å². The zero-order chi connectivity index (χ0) is 20.3. The molecule has 3 rings (SSSR count). The minimum atomic E-state index is -0.151. The van der Waals surface area contributed by atoms with Gasteiger partial charge in [0.15, 0.2) is 22.2 Å². The Morgan fingerprint density at radius 2 is 1.86 bits per heavy atom. The summed E-state index contributed by atoms with van der Waals surface area (Å²) >= 11 is 5.17. The van der Waals surface area contributed by atoms with Gasteiger partial charge in [-0.25, -0.2) is 4.98 Å². The largest absolute Gasteiger partial charge is 0.493 e. The number of methoxy groups -OCH3 is 2. The lowest BCUT2D eigenvalue weighted by Gasteiger charge is -2.10. The molecule has 0 saturated carbocycles. The molecule has 8 heteroatoms. The van der Waals surface area contributed by atoms with Crippen LogP contribution in [0.5, 0.6) is 11.5 Å². The molecular formula is C20H21N3O4S. The van der Waals surface area contributed by atoms with E-state index in [0.717, 1.165) is 5.56 Å². The minimum absolute atomic E-state index is 0.143. The lowest BCUT2D eigenvalue weighted by Crippen LogP contribution is -2.36. The summed E-state index contributed by atoms with van der Waals surface area (Å²) in [5.41, 5.74) is 2.76. The third-order valence-corrected chi connectivity index (χ3v) is 4.24. The highest BCUT2D eigenvalue weighted by molar-refractivity contribution is 7.80. The molecule has 0 unspecified atom stereocenters. The molecule has 28 heavy (non-hydrogen) atoms. The third kappa shape index (κ3) is 4.23. The Morgan fingerprint density at radius 1 is 1.11 bits per heavy atom. The molecule has 2 aromatic carbocycles. The molecule has 2 N–H and O–H groups in total. The normalized spacial score (nSPS) is 10.8. The topological polar surface area (TPSA) is 85.6 Å². The molecule has 7 nitrogen and oxygen atoms in total. The first-order chi connectivity index (χ1) is 13.4. The molecule has 0 bridgehead atoms. The summed E-state index contributed by atoms with van der Waals surface area (Å²) in [5.74, 6) is 1.39. The highest BCUT2D eigenvalue weighted by Crippen LogP contribution is 2.33. The van der Waals surface area contributed by atoms with Crippen molar-refractivity contribution in [1.29, 1.82) is 0 Å². The molecule has 1 amide bonds. The molecule has 0 saturated heterocycles. The second-order valence-corrected chi connectivity index (χ2v) is 6.78. The maximum Gasteiger partial charge on any atom is 0.228 e. The molecule has 0 fully saturated rings. The smallest absolute Gasteiger partial charge is 0.228 e. The third-order valence-electron chi connectivity index (χ3n) is 4.04.